The van der Waals surface area contributed by atoms with Gasteiger partial charge in [-0.3, -0.25) is 14.6 Å². The van der Waals surface area contributed by atoms with E-state index in [0.29, 0.717) is 24.5 Å². The molecule has 5 heteroatoms. The number of hydrogen-bond acceptors (Lipinski definition) is 5. The predicted molar refractivity (Wildman–Crippen MR) is 145 cm³/mol. The van der Waals surface area contributed by atoms with E-state index in [1.807, 2.05) is 24.3 Å². The van der Waals surface area contributed by atoms with Crippen molar-refractivity contribution >= 4 is 17.5 Å². The van der Waals surface area contributed by atoms with Crippen LogP contribution in [0.25, 0.3) is 11.1 Å². The van der Waals surface area contributed by atoms with Gasteiger partial charge in [0.25, 0.3) is 0 Å². The number of hydrogen-bond donors (Lipinski definition) is 0. The minimum atomic E-state index is -0.913. The summed E-state index contributed by atoms with van der Waals surface area (Å²) in [6, 6.07) is 26.0. The molecule has 36 heavy (non-hydrogen) atoms. The summed E-state index contributed by atoms with van der Waals surface area (Å²) in [5.41, 5.74) is 5.20. The van der Waals surface area contributed by atoms with Gasteiger partial charge in [0.15, 0.2) is 5.78 Å². The molecular formula is C31H35NO4. The van der Waals surface area contributed by atoms with Crippen molar-refractivity contribution in [2.75, 3.05) is 19.8 Å². The van der Waals surface area contributed by atoms with Crippen molar-refractivity contribution in [3.05, 3.63) is 90.0 Å². The molecule has 3 aromatic carbocycles. The minimum Gasteiger partial charge on any atom is -0.494 e. The quantitative estimate of drug-likeness (QED) is 0.118. The number of carbonyl (C=O) groups is 2. The van der Waals surface area contributed by atoms with Gasteiger partial charge >= 0.3 is 5.97 Å². The van der Waals surface area contributed by atoms with E-state index < -0.39 is 11.9 Å². The van der Waals surface area contributed by atoms with Gasteiger partial charge in [0.2, 0.25) is 0 Å². The second kappa shape index (κ2) is 14.0. The monoisotopic (exact) mass is 485 g/mol. The highest BCUT2D eigenvalue weighted by Crippen LogP contribution is 2.25. The fourth-order valence-electron chi connectivity index (χ4n) is 4.03. The molecule has 0 N–H and O–H groups in total. The van der Waals surface area contributed by atoms with Crippen molar-refractivity contribution in [1.82, 2.24) is 0 Å². The van der Waals surface area contributed by atoms with E-state index in [2.05, 4.69) is 43.3 Å². The molecule has 0 saturated carbocycles. The SMILES string of the molecule is CCOC(=O)C(C(=O)CC)c1cccc(OCCCN=C(CC)c2ccc(-c3ccccc3)cc2)c1. The van der Waals surface area contributed by atoms with Gasteiger partial charge in [-0.1, -0.05) is 80.6 Å². The zero-order valence-corrected chi connectivity index (χ0v) is 21.4. The first kappa shape index (κ1) is 26.9. The van der Waals surface area contributed by atoms with Crippen LogP contribution in [0.1, 0.15) is 57.1 Å². The minimum absolute atomic E-state index is 0.163. The van der Waals surface area contributed by atoms with Crippen LogP contribution in [0, 0.1) is 0 Å². The molecule has 0 amide bonds. The molecule has 0 bridgehead atoms. The molecule has 0 aliphatic heterocycles. The Balaban J connectivity index is 1.56. The fourth-order valence-corrected chi connectivity index (χ4v) is 4.03. The van der Waals surface area contributed by atoms with Crippen LogP contribution in [0.3, 0.4) is 0 Å². The molecule has 5 nitrogen and oxygen atoms in total. The van der Waals surface area contributed by atoms with Gasteiger partial charge < -0.3 is 9.47 Å². The molecule has 3 aromatic rings. The molecule has 0 spiro atoms. The third kappa shape index (κ3) is 7.38. The van der Waals surface area contributed by atoms with Crippen molar-refractivity contribution in [2.45, 2.75) is 46.0 Å². The van der Waals surface area contributed by atoms with Crippen LogP contribution >= 0.6 is 0 Å². The van der Waals surface area contributed by atoms with E-state index in [4.69, 9.17) is 14.5 Å². The maximum Gasteiger partial charge on any atom is 0.321 e. The van der Waals surface area contributed by atoms with Crippen LogP contribution in [0.15, 0.2) is 83.9 Å². The molecule has 188 valence electrons. The second-order valence-corrected chi connectivity index (χ2v) is 8.40. The van der Waals surface area contributed by atoms with Crippen molar-refractivity contribution < 1.29 is 19.1 Å². The van der Waals surface area contributed by atoms with Crippen molar-refractivity contribution in [1.29, 1.82) is 0 Å². The fraction of sp³-hybridized carbons (Fsp3) is 0.323. The van der Waals surface area contributed by atoms with E-state index in [1.165, 1.54) is 11.1 Å². The molecule has 0 aliphatic carbocycles. The van der Waals surface area contributed by atoms with E-state index in [9.17, 15) is 9.59 Å². The predicted octanol–water partition coefficient (Wildman–Crippen LogP) is 6.65. The molecule has 3 rings (SSSR count). The average molecular weight is 486 g/mol. The van der Waals surface area contributed by atoms with Crippen LogP contribution in [0.4, 0.5) is 0 Å². The third-order valence-corrected chi connectivity index (χ3v) is 5.92. The Bertz CT molecular complexity index is 1150. The van der Waals surface area contributed by atoms with Crippen LogP contribution in [-0.4, -0.2) is 37.2 Å². The van der Waals surface area contributed by atoms with Crippen molar-refractivity contribution in [3.63, 3.8) is 0 Å². The van der Waals surface area contributed by atoms with E-state index in [-0.39, 0.29) is 18.8 Å². The number of ketones is 1. The molecule has 0 fully saturated rings. The molecular weight excluding hydrogens is 450 g/mol. The second-order valence-electron chi connectivity index (χ2n) is 8.40. The number of carbonyl (C=O) groups excluding carboxylic acids is 2. The Morgan fingerprint density at radius 1 is 0.833 bits per heavy atom. The van der Waals surface area contributed by atoms with Crippen molar-refractivity contribution in [3.8, 4) is 16.9 Å². The number of Topliss-reactive ketones (excluding diaryl/α,β-unsaturated/α-hetero) is 1. The number of benzene rings is 3. The largest absolute Gasteiger partial charge is 0.494 e. The lowest BCUT2D eigenvalue weighted by Gasteiger charge is -2.15. The van der Waals surface area contributed by atoms with Crippen molar-refractivity contribution in [2.24, 2.45) is 4.99 Å². The number of rotatable bonds is 13. The Morgan fingerprint density at radius 3 is 2.22 bits per heavy atom. The first-order chi connectivity index (χ1) is 17.6. The molecule has 0 saturated heterocycles. The lowest BCUT2D eigenvalue weighted by molar-refractivity contribution is -0.147. The summed E-state index contributed by atoms with van der Waals surface area (Å²) in [5, 5.41) is 0. The summed E-state index contributed by atoms with van der Waals surface area (Å²) >= 11 is 0. The molecule has 0 aromatic heterocycles. The maximum atomic E-state index is 12.4. The Morgan fingerprint density at radius 2 is 1.56 bits per heavy atom. The standard InChI is InChI=1S/C31H35NO4/c1-4-28(25-18-16-24(17-19-25)23-12-8-7-9-13-23)32-20-11-21-36-27-15-10-14-26(22-27)30(29(33)5-2)31(34)35-6-3/h7-10,12-19,22,30H,4-6,11,20-21H2,1-3H3. The highest BCUT2D eigenvalue weighted by molar-refractivity contribution is 6.04. The molecule has 0 aliphatic rings. The first-order valence-electron chi connectivity index (χ1n) is 12.7. The van der Waals surface area contributed by atoms with Gasteiger partial charge in [-0.15, -0.1) is 0 Å². The van der Waals surface area contributed by atoms with Gasteiger partial charge in [-0.25, -0.2) is 0 Å². The summed E-state index contributed by atoms with van der Waals surface area (Å²) in [5.74, 6) is -0.964. The molecule has 0 heterocycles. The Hall–Kier alpha value is -3.73. The molecule has 1 atom stereocenters. The number of ether oxygens (including phenoxy) is 2. The zero-order chi connectivity index (χ0) is 25.8. The van der Waals surface area contributed by atoms with Crippen LogP contribution in [-0.2, 0) is 14.3 Å². The van der Waals surface area contributed by atoms with E-state index >= 15 is 0 Å². The summed E-state index contributed by atoms with van der Waals surface area (Å²) in [6.45, 7) is 6.98. The number of aliphatic imine (C=N–C) groups is 1. The van der Waals surface area contributed by atoms with Crippen LogP contribution in [0.5, 0.6) is 5.75 Å². The van der Waals surface area contributed by atoms with E-state index in [1.54, 1.807) is 32.0 Å². The summed E-state index contributed by atoms with van der Waals surface area (Å²) in [4.78, 5) is 29.5. The summed E-state index contributed by atoms with van der Waals surface area (Å²) in [7, 11) is 0. The lowest BCUT2D eigenvalue weighted by Crippen LogP contribution is -2.23. The smallest absolute Gasteiger partial charge is 0.321 e. The third-order valence-electron chi connectivity index (χ3n) is 5.92. The first-order valence-corrected chi connectivity index (χ1v) is 12.7. The van der Waals surface area contributed by atoms with Gasteiger partial charge in [0.05, 0.1) is 13.2 Å². The summed E-state index contributed by atoms with van der Waals surface area (Å²) < 4.78 is 11.0. The van der Waals surface area contributed by atoms with Gasteiger partial charge in [-0.05, 0) is 47.7 Å². The number of nitrogens with zero attached hydrogens (tertiary/aromatic N) is 1. The Kier molecular flexibility index (Phi) is 10.4. The Labute approximate surface area is 214 Å². The lowest BCUT2D eigenvalue weighted by atomic mass is 9.93. The number of esters is 1. The van der Waals surface area contributed by atoms with Gasteiger partial charge in [-0.2, -0.15) is 0 Å². The molecule has 0 radical (unpaired) electrons. The highest BCUT2D eigenvalue weighted by atomic mass is 16.5. The maximum absolute atomic E-state index is 12.4. The highest BCUT2D eigenvalue weighted by Gasteiger charge is 2.28. The van der Waals surface area contributed by atoms with E-state index in [0.717, 1.165) is 24.1 Å². The molecule has 1 unspecified atom stereocenters. The topological polar surface area (TPSA) is 65.0 Å². The van der Waals surface area contributed by atoms with Crippen LogP contribution < -0.4 is 4.74 Å². The summed E-state index contributed by atoms with van der Waals surface area (Å²) in [6.07, 6.45) is 1.88. The van der Waals surface area contributed by atoms with Gasteiger partial charge in [0.1, 0.15) is 11.7 Å². The van der Waals surface area contributed by atoms with Crippen LogP contribution in [0.2, 0.25) is 0 Å². The zero-order valence-electron chi connectivity index (χ0n) is 21.4. The van der Waals surface area contributed by atoms with Gasteiger partial charge in [0, 0.05) is 25.1 Å². The normalized spacial score (nSPS) is 12.1. The average Bonchev–Trinajstić information content (AvgIpc) is 2.92.